The molecule has 152 valence electrons. The van der Waals surface area contributed by atoms with Gasteiger partial charge in [-0.25, -0.2) is 0 Å². The smallest absolute Gasteiger partial charge is 0.387 e. The average Bonchev–Trinajstić information content (AvgIpc) is 2.67. The highest BCUT2D eigenvalue weighted by Gasteiger charge is 2.14. The summed E-state index contributed by atoms with van der Waals surface area (Å²) >= 11 is 0. The summed E-state index contributed by atoms with van der Waals surface area (Å²) in [5.74, 6) is -1.20. The SMILES string of the molecule is O=C(CNc1ccc(OC(F)F)cc1OC(F)F)Nc1cccc2ccccc12. The lowest BCUT2D eigenvalue weighted by atomic mass is 10.1. The van der Waals surface area contributed by atoms with Crippen LogP contribution in [0.25, 0.3) is 10.8 Å². The molecular weight excluding hydrogens is 392 g/mol. The van der Waals surface area contributed by atoms with Crippen LogP contribution in [0.3, 0.4) is 0 Å². The van der Waals surface area contributed by atoms with Crippen molar-refractivity contribution in [1.29, 1.82) is 0 Å². The largest absolute Gasteiger partial charge is 0.435 e. The number of carbonyl (C=O) groups is 1. The van der Waals surface area contributed by atoms with E-state index in [0.717, 1.165) is 22.9 Å². The number of nitrogens with one attached hydrogen (secondary N) is 2. The quantitative estimate of drug-likeness (QED) is 0.510. The Kier molecular flexibility index (Phi) is 6.38. The van der Waals surface area contributed by atoms with Crippen LogP contribution < -0.4 is 20.1 Å². The Morgan fingerprint density at radius 1 is 0.862 bits per heavy atom. The van der Waals surface area contributed by atoms with Crippen LogP contribution in [0, 0.1) is 0 Å². The molecule has 0 aliphatic rings. The van der Waals surface area contributed by atoms with Crippen molar-refractivity contribution < 1.29 is 31.8 Å². The van der Waals surface area contributed by atoms with E-state index >= 15 is 0 Å². The number of benzene rings is 3. The average molecular weight is 408 g/mol. The number of halogens is 4. The Morgan fingerprint density at radius 3 is 2.34 bits per heavy atom. The number of carbonyl (C=O) groups excluding carboxylic acids is 1. The highest BCUT2D eigenvalue weighted by atomic mass is 19.3. The molecule has 0 aromatic heterocycles. The van der Waals surface area contributed by atoms with Crippen molar-refractivity contribution in [1.82, 2.24) is 0 Å². The topological polar surface area (TPSA) is 59.6 Å². The molecule has 9 heteroatoms. The van der Waals surface area contributed by atoms with Crippen LogP contribution in [-0.4, -0.2) is 25.7 Å². The maximum Gasteiger partial charge on any atom is 0.387 e. The third-order valence-corrected chi connectivity index (χ3v) is 3.90. The summed E-state index contributed by atoms with van der Waals surface area (Å²) in [6.45, 7) is -6.56. The summed E-state index contributed by atoms with van der Waals surface area (Å²) in [4.78, 5) is 12.3. The van der Waals surface area contributed by atoms with E-state index in [1.54, 1.807) is 12.1 Å². The summed E-state index contributed by atoms with van der Waals surface area (Å²) in [5.41, 5.74) is 0.625. The molecular formula is C20H16F4N2O3. The second-order valence-corrected chi connectivity index (χ2v) is 5.84. The fraction of sp³-hybridized carbons (Fsp3) is 0.150. The molecule has 0 fully saturated rings. The first-order chi connectivity index (χ1) is 13.9. The minimum atomic E-state index is -3.18. The van der Waals surface area contributed by atoms with Crippen molar-refractivity contribution >= 4 is 28.1 Å². The first kappa shape index (κ1) is 20.2. The van der Waals surface area contributed by atoms with Gasteiger partial charge in [-0.3, -0.25) is 4.79 Å². The minimum absolute atomic E-state index is 0.0278. The Morgan fingerprint density at radius 2 is 1.59 bits per heavy atom. The van der Waals surface area contributed by atoms with Crippen LogP contribution in [0.1, 0.15) is 0 Å². The molecule has 0 bridgehead atoms. The third kappa shape index (κ3) is 5.50. The molecule has 29 heavy (non-hydrogen) atoms. The Bertz CT molecular complexity index is 993. The molecule has 5 nitrogen and oxygen atoms in total. The van der Waals surface area contributed by atoms with Gasteiger partial charge in [0.2, 0.25) is 5.91 Å². The molecule has 0 saturated heterocycles. The molecule has 3 aromatic rings. The summed E-state index contributed by atoms with van der Waals surface area (Å²) in [5, 5.41) is 7.18. The van der Waals surface area contributed by atoms with Gasteiger partial charge in [-0.2, -0.15) is 17.6 Å². The van der Waals surface area contributed by atoms with Crippen LogP contribution in [-0.2, 0) is 4.79 Å². The Hall–Kier alpha value is -3.49. The Labute approximate surface area is 163 Å². The van der Waals surface area contributed by atoms with Gasteiger partial charge in [-0.15, -0.1) is 0 Å². The van der Waals surface area contributed by atoms with Crippen molar-refractivity contribution in [2.75, 3.05) is 17.2 Å². The number of rotatable bonds is 8. The molecule has 0 spiro atoms. The maximum atomic E-state index is 12.6. The lowest BCUT2D eigenvalue weighted by molar-refractivity contribution is -0.114. The molecule has 0 unspecified atom stereocenters. The van der Waals surface area contributed by atoms with Crippen molar-refractivity contribution in [3.8, 4) is 11.5 Å². The second kappa shape index (κ2) is 9.13. The molecule has 0 radical (unpaired) electrons. The first-order valence-electron chi connectivity index (χ1n) is 8.47. The number of hydrogen-bond acceptors (Lipinski definition) is 4. The number of ether oxygens (including phenoxy) is 2. The van der Waals surface area contributed by atoms with Crippen LogP contribution in [0.2, 0.25) is 0 Å². The van der Waals surface area contributed by atoms with Crippen molar-refractivity contribution in [3.63, 3.8) is 0 Å². The maximum absolute atomic E-state index is 12.6. The lowest BCUT2D eigenvalue weighted by Crippen LogP contribution is -2.22. The van der Waals surface area contributed by atoms with Gasteiger partial charge >= 0.3 is 13.2 Å². The highest BCUT2D eigenvalue weighted by Crippen LogP contribution is 2.31. The predicted octanol–water partition coefficient (Wildman–Crippen LogP) is 5.09. The van der Waals surface area contributed by atoms with Gasteiger partial charge in [0.1, 0.15) is 5.75 Å². The monoisotopic (exact) mass is 408 g/mol. The second-order valence-electron chi connectivity index (χ2n) is 5.84. The number of anilines is 2. The number of amides is 1. The lowest BCUT2D eigenvalue weighted by Gasteiger charge is -2.15. The fourth-order valence-corrected chi connectivity index (χ4v) is 2.72. The van der Waals surface area contributed by atoms with Gasteiger partial charge in [-0.05, 0) is 23.6 Å². The van der Waals surface area contributed by atoms with Gasteiger partial charge in [0.25, 0.3) is 0 Å². The van der Waals surface area contributed by atoms with Gasteiger partial charge < -0.3 is 20.1 Å². The van der Waals surface area contributed by atoms with Crippen LogP contribution in [0.5, 0.6) is 11.5 Å². The molecule has 1 amide bonds. The minimum Gasteiger partial charge on any atom is -0.435 e. The molecule has 3 rings (SSSR count). The van der Waals surface area contributed by atoms with Gasteiger partial charge in [0.05, 0.1) is 12.2 Å². The van der Waals surface area contributed by atoms with Crippen LogP contribution >= 0.6 is 0 Å². The van der Waals surface area contributed by atoms with Crippen molar-refractivity contribution in [2.24, 2.45) is 0 Å². The highest BCUT2D eigenvalue weighted by molar-refractivity contribution is 6.03. The van der Waals surface area contributed by atoms with E-state index in [4.69, 9.17) is 0 Å². The predicted molar refractivity (Wildman–Crippen MR) is 101 cm³/mol. The summed E-state index contributed by atoms with van der Waals surface area (Å²) in [7, 11) is 0. The van der Waals surface area contributed by atoms with Crippen LogP contribution in [0.4, 0.5) is 28.9 Å². The zero-order valence-corrected chi connectivity index (χ0v) is 14.9. The summed E-state index contributed by atoms with van der Waals surface area (Å²) in [6.07, 6.45) is 0. The number of hydrogen-bond donors (Lipinski definition) is 2. The number of alkyl halides is 4. The van der Waals surface area contributed by atoms with Crippen molar-refractivity contribution in [2.45, 2.75) is 13.2 Å². The summed E-state index contributed by atoms with van der Waals surface area (Å²) < 4.78 is 58.3. The standard InChI is InChI=1S/C20H16F4N2O3/c21-19(22)28-13-8-9-16(17(10-13)29-20(23)24)25-11-18(27)26-15-7-3-5-12-4-1-2-6-14(12)15/h1-10,19-20,25H,11H2,(H,26,27). The van der Waals surface area contributed by atoms with Gasteiger partial charge in [0.15, 0.2) is 5.75 Å². The fourth-order valence-electron chi connectivity index (χ4n) is 2.72. The molecule has 0 heterocycles. The van der Waals surface area contributed by atoms with E-state index in [0.29, 0.717) is 5.69 Å². The third-order valence-electron chi connectivity index (χ3n) is 3.90. The van der Waals surface area contributed by atoms with E-state index in [9.17, 15) is 22.4 Å². The van der Waals surface area contributed by atoms with E-state index in [2.05, 4.69) is 20.1 Å². The molecule has 0 aliphatic carbocycles. The van der Waals surface area contributed by atoms with E-state index in [1.807, 2.05) is 30.3 Å². The zero-order chi connectivity index (χ0) is 20.8. The van der Waals surface area contributed by atoms with E-state index in [-0.39, 0.29) is 18.0 Å². The van der Waals surface area contributed by atoms with Gasteiger partial charge in [0, 0.05) is 17.1 Å². The number of fused-ring (bicyclic) bond motifs is 1. The van der Waals surface area contributed by atoms with Crippen LogP contribution in [0.15, 0.2) is 60.7 Å². The van der Waals surface area contributed by atoms with Crippen molar-refractivity contribution in [3.05, 3.63) is 60.7 Å². The Balaban J connectivity index is 1.70. The van der Waals surface area contributed by atoms with E-state index < -0.39 is 24.9 Å². The van der Waals surface area contributed by atoms with E-state index in [1.165, 1.54) is 6.07 Å². The zero-order valence-electron chi connectivity index (χ0n) is 14.9. The molecule has 0 saturated carbocycles. The molecule has 2 N–H and O–H groups in total. The molecule has 0 aliphatic heterocycles. The van der Waals surface area contributed by atoms with Gasteiger partial charge in [-0.1, -0.05) is 36.4 Å². The molecule has 0 atom stereocenters. The molecule has 3 aromatic carbocycles. The first-order valence-corrected chi connectivity index (χ1v) is 8.47. The summed E-state index contributed by atoms with van der Waals surface area (Å²) in [6, 6.07) is 16.2. The normalized spacial score (nSPS) is 11.0.